The minimum atomic E-state index is -0.764. The van der Waals surface area contributed by atoms with Gasteiger partial charge in [-0.25, -0.2) is 0 Å². The van der Waals surface area contributed by atoms with E-state index in [1.165, 1.54) is 6.42 Å². The first-order chi connectivity index (χ1) is 6.25. The molecule has 0 bridgehead atoms. The van der Waals surface area contributed by atoms with Gasteiger partial charge in [0.05, 0.1) is 12.2 Å². The van der Waals surface area contributed by atoms with Gasteiger partial charge in [0.1, 0.15) is 6.04 Å². The van der Waals surface area contributed by atoms with Crippen molar-refractivity contribution in [1.82, 2.24) is 5.32 Å². The van der Waals surface area contributed by atoms with Crippen molar-refractivity contribution >= 4 is 5.97 Å². The number of ether oxygens (including phenoxy) is 1. The maximum Gasteiger partial charge on any atom is 0.320 e. The molecule has 74 valence electrons. The maximum atomic E-state index is 10.6. The third-order valence-electron chi connectivity index (χ3n) is 2.83. The fourth-order valence-corrected chi connectivity index (χ4v) is 1.77. The lowest BCUT2D eigenvalue weighted by atomic mass is 9.96. The number of carbonyl (C=O) groups is 1. The van der Waals surface area contributed by atoms with Gasteiger partial charge in [-0.3, -0.25) is 4.79 Å². The average Bonchev–Trinajstić information content (AvgIpc) is 2.44. The van der Waals surface area contributed by atoms with E-state index < -0.39 is 12.0 Å². The summed E-state index contributed by atoms with van der Waals surface area (Å²) in [6.45, 7) is 0.688. The monoisotopic (exact) mass is 185 g/mol. The molecule has 1 aliphatic heterocycles. The first-order valence-electron chi connectivity index (χ1n) is 4.87. The summed E-state index contributed by atoms with van der Waals surface area (Å²) in [5, 5.41) is 11.7. The SMILES string of the molecule is O=C(O)[C@@H]1C[C@@H](OC2CCC2)CN1. The predicted molar refractivity (Wildman–Crippen MR) is 46.6 cm³/mol. The number of nitrogens with one attached hydrogen (secondary N) is 1. The molecule has 2 N–H and O–H groups in total. The molecule has 2 rings (SSSR count). The van der Waals surface area contributed by atoms with Crippen molar-refractivity contribution in [2.45, 2.75) is 43.9 Å². The quantitative estimate of drug-likeness (QED) is 0.667. The van der Waals surface area contributed by atoms with E-state index in [1.54, 1.807) is 0 Å². The van der Waals surface area contributed by atoms with Gasteiger partial charge >= 0.3 is 5.97 Å². The second-order valence-electron chi connectivity index (χ2n) is 3.85. The van der Waals surface area contributed by atoms with Crippen LogP contribution in [0.5, 0.6) is 0 Å². The number of hydrogen-bond donors (Lipinski definition) is 2. The molecule has 13 heavy (non-hydrogen) atoms. The van der Waals surface area contributed by atoms with E-state index in [2.05, 4.69) is 5.32 Å². The van der Waals surface area contributed by atoms with Crippen LogP contribution in [0.2, 0.25) is 0 Å². The largest absolute Gasteiger partial charge is 0.480 e. The van der Waals surface area contributed by atoms with E-state index in [-0.39, 0.29) is 6.10 Å². The highest BCUT2D eigenvalue weighted by molar-refractivity contribution is 5.73. The molecule has 0 aromatic heterocycles. The van der Waals surface area contributed by atoms with Crippen LogP contribution in [0.4, 0.5) is 0 Å². The topological polar surface area (TPSA) is 58.6 Å². The number of rotatable bonds is 3. The highest BCUT2D eigenvalue weighted by Gasteiger charge is 2.32. The Morgan fingerprint density at radius 1 is 1.38 bits per heavy atom. The van der Waals surface area contributed by atoms with Crippen molar-refractivity contribution in [2.75, 3.05) is 6.54 Å². The van der Waals surface area contributed by atoms with Gasteiger partial charge in [-0.1, -0.05) is 0 Å². The molecule has 1 saturated heterocycles. The van der Waals surface area contributed by atoms with E-state index in [9.17, 15) is 4.79 Å². The zero-order chi connectivity index (χ0) is 9.26. The van der Waals surface area contributed by atoms with E-state index in [0.717, 1.165) is 12.8 Å². The van der Waals surface area contributed by atoms with E-state index >= 15 is 0 Å². The van der Waals surface area contributed by atoms with Gasteiger partial charge in [-0.05, 0) is 19.3 Å². The Labute approximate surface area is 77.3 Å². The highest BCUT2D eigenvalue weighted by Crippen LogP contribution is 2.25. The lowest BCUT2D eigenvalue weighted by Gasteiger charge is -2.28. The fraction of sp³-hybridized carbons (Fsp3) is 0.889. The molecule has 1 heterocycles. The first kappa shape index (κ1) is 8.97. The van der Waals surface area contributed by atoms with Crippen molar-refractivity contribution in [3.63, 3.8) is 0 Å². The second kappa shape index (κ2) is 3.64. The van der Waals surface area contributed by atoms with Gasteiger partial charge in [0.15, 0.2) is 0 Å². The van der Waals surface area contributed by atoms with Crippen LogP contribution in [0.3, 0.4) is 0 Å². The molecule has 0 radical (unpaired) electrons. The number of aliphatic carboxylic acids is 1. The van der Waals surface area contributed by atoms with Crippen LogP contribution < -0.4 is 5.32 Å². The minimum absolute atomic E-state index is 0.117. The molecule has 0 unspecified atom stereocenters. The highest BCUT2D eigenvalue weighted by atomic mass is 16.5. The standard InChI is InChI=1S/C9H15NO3/c11-9(12)8-4-7(5-10-8)13-6-2-1-3-6/h6-8,10H,1-5H2,(H,11,12)/t7-,8+/m1/s1. The Balaban J connectivity index is 1.74. The molecule has 2 fully saturated rings. The third-order valence-corrected chi connectivity index (χ3v) is 2.83. The van der Waals surface area contributed by atoms with Crippen LogP contribution in [-0.4, -0.2) is 35.9 Å². The van der Waals surface area contributed by atoms with Crippen molar-refractivity contribution in [3.05, 3.63) is 0 Å². The van der Waals surface area contributed by atoms with Crippen LogP contribution in [0, 0.1) is 0 Å². The number of carboxylic acid groups (broad SMARTS) is 1. The number of carboxylic acids is 1. The Bertz CT molecular complexity index is 203. The Morgan fingerprint density at radius 3 is 2.62 bits per heavy atom. The minimum Gasteiger partial charge on any atom is -0.480 e. The maximum absolute atomic E-state index is 10.6. The number of hydrogen-bond acceptors (Lipinski definition) is 3. The van der Waals surface area contributed by atoms with Crippen molar-refractivity contribution in [2.24, 2.45) is 0 Å². The molecule has 1 aliphatic carbocycles. The van der Waals surface area contributed by atoms with Gasteiger partial charge in [-0.2, -0.15) is 0 Å². The zero-order valence-electron chi connectivity index (χ0n) is 7.53. The lowest BCUT2D eigenvalue weighted by molar-refractivity contribution is -0.139. The molecule has 0 spiro atoms. The summed E-state index contributed by atoms with van der Waals surface area (Å²) in [5.74, 6) is -0.764. The smallest absolute Gasteiger partial charge is 0.320 e. The van der Waals surface area contributed by atoms with Gasteiger partial charge < -0.3 is 15.2 Å². The Hall–Kier alpha value is -0.610. The third kappa shape index (κ3) is 2.00. The van der Waals surface area contributed by atoms with Crippen LogP contribution in [-0.2, 0) is 9.53 Å². The summed E-state index contributed by atoms with van der Waals surface area (Å²) in [6.07, 6.45) is 4.69. The molecule has 0 aromatic rings. The molecule has 4 nitrogen and oxygen atoms in total. The molecule has 4 heteroatoms. The van der Waals surface area contributed by atoms with Gasteiger partial charge in [0.2, 0.25) is 0 Å². The van der Waals surface area contributed by atoms with Crippen molar-refractivity contribution < 1.29 is 14.6 Å². The summed E-state index contributed by atoms with van der Waals surface area (Å²) in [7, 11) is 0. The Kier molecular flexibility index (Phi) is 2.51. The van der Waals surface area contributed by atoms with Gasteiger partial charge in [0.25, 0.3) is 0 Å². The van der Waals surface area contributed by atoms with Crippen LogP contribution in [0.1, 0.15) is 25.7 Å². The van der Waals surface area contributed by atoms with Crippen molar-refractivity contribution in [3.8, 4) is 0 Å². The van der Waals surface area contributed by atoms with Crippen LogP contribution in [0.15, 0.2) is 0 Å². The summed E-state index contributed by atoms with van der Waals surface area (Å²) >= 11 is 0. The van der Waals surface area contributed by atoms with E-state index in [1.807, 2.05) is 0 Å². The van der Waals surface area contributed by atoms with Crippen LogP contribution >= 0.6 is 0 Å². The zero-order valence-corrected chi connectivity index (χ0v) is 7.53. The molecule has 2 aliphatic rings. The summed E-state index contributed by atoms with van der Waals surface area (Å²) in [5.41, 5.74) is 0. The lowest BCUT2D eigenvalue weighted by Crippen LogP contribution is -2.30. The predicted octanol–water partition coefficient (Wildman–Crippen LogP) is 0.371. The molecule has 2 atom stereocenters. The Morgan fingerprint density at radius 2 is 2.15 bits per heavy atom. The van der Waals surface area contributed by atoms with E-state index in [0.29, 0.717) is 19.1 Å². The first-order valence-corrected chi connectivity index (χ1v) is 4.87. The van der Waals surface area contributed by atoms with Crippen molar-refractivity contribution in [1.29, 1.82) is 0 Å². The second-order valence-corrected chi connectivity index (χ2v) is 3.85. The van der Waals surface area contributed by atoms with E-state index in [4.69, 9.17) is 9.84 Å². The molecular weight excluding hydrogens is 170 g/mol. The normalized spacial score (nSPS) is 34.5. The molecule has 0 aromatic carbocycles. The molecule has 1 saturated carbocycles. The fourth-order valence-electron chi connectivity index (χ4n) is 1.77. The summed E-state index contributed by atoms with van der Waals surface area (Å²) < 4.78 is 5.70. The van der Waals surface area contributed by atoms with Crippen LogP contribution in [0.25, 0.3) is 0 Å². The van der Waals surface area contributed by atoms with Gasteiger partial charge in [-0.15, -0.1) is 0 Å². The van der Waals surface area contributed by atoms with Gasteiger partial charge in [0, 0.05) is 13.0 Å². The summed E-state index contributed by atoms with van der Waals surface area (Å²) in [6, 6.07) is -0.398. The molecule has 0 amide bonds. The average molecular weight is 185 g/mol. The molecular formula is C9H15NO3. The summed E-state index contributed by atoms with van der Waals surface area (Å²) in [4.78, 5) is 10.6.